The third-order valence-corrected chi connectivity index (χ3v) is 0. The van der Waals surface area contributed by atoms with Crippen LogP contribution >= 0.6 is 0 Å². The van der Waals surface area contributed by atoms with Gasteiger partial charge in [0.05, 0.1) is 0 Å². The zero-order chi connectivity index (χ0) is 4.50. The summed E-state index contributed by atoms with van der Waals surface area (Å²) in [4.78, 5) is 29.3. The van der Waals surface area contributed by atoms with Gasteiger partial charge in [-0.2, -0.15) is 0 Å². The van der Waals surface area contributed by atoms with Crippen LogP contribution in [0.3, 0.4) is 0 Å². The van der Waals surface area contributed by atoms with Crippen LogP contribution in [0.1, 0.15) is 0 Å². The van der Waals surface area contributed by atoms with E-state index < -0.39 is 9.05 Å². The molecule has 0 saturated heterocycles. The molecule has 5 nitrogen and oxygen atoms in total. The molecule has 0 aliphatic heterocycles. The van der Waals surface area contributed by atoms with Crippen molar-refractivity contribution >= 4 is 99.4 Å². The maximum absolute atomic E-state index is 7.33. The number of hydrogen-bond acceptors (Lipinski definition) is 4. The molecule has 0 radical (unpaired) electrons. The molecule has 0 atom stereocenters. The molecule has 0 aliphatic rings. The van der Waals surface area contributed by atoms with E-state index in [1.165, 1.54) is 0 Å². The fraction of sp³-hybridized carbons (Fsp3) is 0. The topological polar surface area (TPSA) is 112 Å². The van der Waals surface area contributed by atoms with Crippen molar-refractivity contribution < 1.29 is 41.7 Å². The molecule has 10 heteroatoms. The minimum absolute atomic E-state index is 0. The Balaban J connectivity index is -0.00000000800. The molecule has 0 aromatic rings. The summed E-state index contributed by atoms with van der Waals surface area (Å²) in [6, 6.07) is 0. The molecule has 0 amide bonds. The Morgan fingerprint density at radius 3 is 0.900 bits per heavy atom. The fourth-order valence-electron chi connectivity index (χ4n) is 0. The van der Waals surface area contributed by atoms with Gasteiger partial charge in [0.1, 0.15) is 0 Å². The van der Waals surface area contributed by atoms with Gasteiger partial charge in [-0.3, -0.25) is 0 Å². The van der Waals surface area contributed by atoms with Crippen LogP contribution in [0.5, 0.6) is 0 Å². The van der Waals surface area contributed by atoms with Crippen LogP contribution in [0.4, 0.5) is 0 Å². The van der Waals surface area contributed by atoms with Gasteiger partial charge in [-0.05, 0) is 0 Å². The molecule has 10 heavy (non-hydrogen) atoms. The number of rotatable bonds is 0. The van der Waals surface area contributed by atoms with Crippen molar-refractivity contribution in [3.8, 4) is 0 Å². The van der Waals surface area contributed by atoms with Crippen molar-refractivity contribution in [3.63, 3.8) is 0 Å². The first-order valence-electron chi connectivity index (χ1n) is 0.894. The van der Waals surface area contributed by atoms with Gasteiger partial charge < -0.3 is 24.7 Å². The average molecular weight is 262 g/mol. The predicted molar refractivity (Wildman–Crippen MR) is 42.5 cm³/mol. The Labute approximate surface area is 138 Å². The third kappa shape index (κ3) is 102. The van der Waals surface area contributed by atoms with Crippen molar-refractivity contribution in [2.75, 3.05) is 0 Å². The van der Waals surface area contributed by atoms with E-state index in [2.05, 4.69) is 0 Å². The Kier molecular flexibility index (Phi) is 68.7. The van der Waals surface area contributed by atoms with Gasteiger partial charge in [0.2, 0.25) is 0 Å². The zero-order valence-electron chi connectivity index (χ0n) is 3.14. The van der Waals surface area contributed by atoms with E-state index in [0.717, 1.165) is 0 Å². The van der Waals surface area contributed by atoms with Crippen LogP contribution in [0.25, 0.3) is 0 Å². The second kappa shape index (κ2) is 18.4. The van der Waals surface area contributed by atoms with E-state index in [1.54, 1.807) is 0 Å². The van der Waals surface area contributed by atoms with E-state index in [-0.39, 0.29) is 113 Å². The molecule has 0 unspecified atom stereocenters. The predicted octanol–water partition coefficient (Wildman–Crippen LogP) is -5.92. The average Bonchev–Trinajstić information content (AvgIpc) is 0.722. The van der Waals surface area contributed by atoms with Crippen LogP contribution in [0.15, 0.2) is 0 Å². The second-order valence-corrected chi connectivity index (χ2v) is 1.80. The van der Waals surface area contributed by atoms with Crippen molar-refractivity contribution in [2.24, 2.45) is 0 Å². The first-order chi connectivity index (χ1) is 2.00. The zero-order valence-corrected chi connectivity index (χ0v) is 5.25. The van der Waals surface area contributed by atoms with Gasteiger partial charge >= 0.3 is 99.4 Å². The molecule has 6 N–H and O–H groups in total. The summed E-state index contributed by atoms with van der Waals surface area (Å²) in [6.07, 6.45) is 0. The third-order valence-electron chi connectivity index (χ3n) is 0. The van der Waals surface area contributed by atoms with E-state index in [4.69, 9.17) is 19.2 Å². The maximum atomic E-state index is 7.33. The summed E-state index contributed by atoms with van der Waals surface area (Å²) >= 11 is 0. The SMILES string of the molecule is O.O[Si](O)(O)O.[CaH2].[Fe].[MgH2].[NaH]. The van der Waals surface area contributed by atoms with Crippen LogP contribution in [0.2, 0.25) is 0 Å². The molecule has 58 valence electrons. The van der Waals surface area contributed by atoms with Crippen LogP contribution in [-0.4, -0.2) is 124 Å². The molecule has 0 aromatic heterocycles. The van der Waals surface area contributed by atoms with Gasteiger partial charge in [-0.1, -0.05) is 0 Å². The van der Waals surface area contributed by atoms with Gasteiger partial charge in [0, 0.05) is 17.1 Å². The minimum atomic E-state index is -4.61. The molecule has 0 heterocycles. The van der Waals surface area contributed by atoms with Crippen molar-refractivity contribution in [1.29, 1.82) is 0 Å². The summed E-state index contributed by atoms with van der Waals surface area (Å²) in [6.45, 7) is 0. The second-order valence-electron chi connectivity index (χ2n) is 0.600. The van der Waals surface area contributed by atoms with E-state index >= 15 is 0 Å². The van der Waals surface area contributed by atoms with Crippen LogP contribution < -0.4 is 0 Å². The molecular weight excluding hydrogens is 251 g/mol. The molecule has 0 saturated carbocycles. The van der Waals surface area contributed by atoms with E-state index in [9.17, 15) is 0 Å². The summed E-state index contributed by atoms with van der Waals surface area (Å²) < 4.78 is 0. The van der Waals surface area contributed by atoms with Crippen LogP contribution in [-0.2, 0) is 17.1 Å². The summed E-state index contributed by atoms with van der Waals surface area (Å²) in [5.74, 6) is 0. The van der Waals surface area contributed by atoms with Crippen LogP contribution in [0, 0.1) is 0 Å². The molecule has 0 rings (SSSR count). The Hall–Kier alpha value is 3.56. The molecule has 0 aromatic carbocycles. The first-order valence-corrected chi connectivity index (χ1v) is 2.68. The van der Waals surface area contributed by atoms with Gasteiger partial charge in [0.15, 0.2) is 0 Å². The summed E-state index contributed by atoms with van der Waals surface area (Å²) in [7, 11) is -4.61. The molecule has 0 spiro atoms. The Bertz CT molecular complexity index is 37.1. The van der Waals surface area contributed by atoms with Crippen molar-refractivity contribution in [2.45, 2.75) is 0 Å². The fourth-order valence-corrected chi connectivity index (χ4v) is 0. The standard InChI is InChI=1S/Ca.Fe.Mg.Na.H4O4Si.H2O.5H/c;;;;1-5(2,3)4;;;;;;/h;;;;1-4H;1H2;;;;;. The summed E-state index contributed by atoms with van der Waals surface area (Å²) in [5.41, 5.74) is 0. The van der Waals surface area contributed by atoms with Gasteiger partial charge in [-0.15, -0.1) is 0 Å². The van der Waals surface area contributed by atoms with Gasteiger partial charge in [-0.25, -0.2) is 0 Å². The normalized spacial score (nSPS) is 6.00. The van der Waals surface area contributed by atoms with E-state index in [0.29, 0.717) is 0 Å². The molecule has 0 aliphatic carbocycles. The quantitative estimate of drug-likeness (QED) is 0.326. The number of hydrogen-bond donors (Lipinski definition) is 4. The first kappa shape index (κ1) is 37.4. The Morgan fingerprint density at radius 2 is 0.900 bits per heavy atom. The van der Waals surface area contributed by atoms with Gasteiger partial charge in [0.25, 0.3) is 0 Å². The monoisotopic (exact) mass is 262 g/mol. The molecule has 0 fully saturated rings. The van der Waals surface area contributed by atoms with Crippen molar-refractivity contribution in [3.05, 3.63) is 0 Å². The summed E-state index contributed by atoms with van der Waals surface area (Å²) in [5, 5.41) is 0. The van der Waals surface area contributed by atoms with E-state index in [1.807, 2.05) is 0 Å². The Morgan fingerprint density at radius 1 is 0.900 bits per heavy atom. The molecule has 0 bridgehead atoms. The molecular formula is H11CaFeMgNaO5Si. The van der Waals surface area contributed by atoms with Crippen molar-refractivity contribution in [1.82, 2.24) is 0 Å².